The summed E-state index contributed by atoms with van der Waals surface area (Å²) in [5, 5.41) is 0.581. The molecule has 0 N–H and O–H groups in total. The molecule has 0 aliphatic rings. The molecule has 0 bridgehead atoms. The zero-order valence-electron chi connectivity index (χ0n) is 10.7. The van der Waals surface area contributed by atoms with Crippen LogP contribution in [0.1, 0.15) is 10.5 Å². The zero-order valence-corrected chi connectivity index (χ0v) is 11.5. The van der Waals surface area contributed by atoms with Crippen LogP contribution in [0.15, 0.2) is 42.6 Å². The van der Waals surface area contributed by atoms with Crippen LogP contribution in [0.2, 0.25) is 5.02 Å². The summed E-state index contributed by atoms with van der Waals surface area (Å²) < 4.78 is 6.91. The topological polar surface area (TPSA) is 43.6 Å². The summed E-state index contributed by atoms with van der Waals surface area (Å²) in [7, 11) is 1.60. The lowest BCUT2D eigenvalue weighted by atomic mass is 10.1. The van der Waals surface area contributed by atoms with Gasteiger partial charge in [-0.1, -0.05) is 23.7 Å². The Labute approximate surface area is 120 Å². The average Bonchev–Trinajstić information content (AvgIpc) is 2.84. The predicted molar refractivity (Wildman–Crippen MR) is 77.6 cm³/mol. The lowest BCUT2D eigenvalue weighted by Gasteiger charge is -2.02. The van der Waals surface area contributed by atoms with Crippen molar-refractivity contribution < 1.29 is 9.53 Å². The number of methoxy groups -OCH3 is 1. The first-order valence-electron chi connectivity index (χ1n) is 6.00. The van der Waals surface area contributed by atoms with Gasteiger partial charge in [0.2, 0.25) is 0 Å². The third kappa shape index (κ3) is 2.04. The van der Waals surface area contributed by atoms with Gasteiger partial charge in [0, 0.05) is 22.8 Å². The van der Waals surface area contributed by atoms with Gasteiger partial charge < -0.3 is 4.74 Å². The summed E-state index contributed by atoms with van der Waals surface area (Å²) in [4.78, 5) is 15.9. The van der Waals surface area contributed by atoms with Crippen molar-refractivity contribution in [3.8, 4) is 17.0 Å². The highest BCUT2D eigenvalue weighted by Crippen LogP contribution is 2.27. The van der Waals surface area contributed by atoms with Gasteiger partial charge in [-0.05, 0) is 18.2 Å². The van der Waals surface area contributed by atoms with Crippen molar-refractivity contribution in [2.24, 2.45) is 0 Å². The standard InChI is InChI=1S/C15H11ClN2O2/c1-20-12-4-2-3-10(7-12)15-13(9-19)18-6-5-11(16)8-14(18)17-15/h2-9H,1H3. The summed E-state index contributed by atoms with van der Waals surface area (Å²) in [6, 6.07) is 10.9. The van der Waals surface area contributed by atoms with Crippen molar-refractivity contribution in [1.82, 2.24) is 9.38 Å². The Hall–Kier alpha value is -2.33. The number of fused-ring (bicyclic) bond motifs is 1. The first-order chi connectivity index (χ1) is 9.72. The van der Waals surface area contributed by atoms with E-state index in [-0.39, 0.29) is 0 Å². The number of carbonyl (C=O) groups excluding carboxylic acids is 1. The van der Waals surface area contributed by atoms with E-state index in [4.69, 9.17) is 16.3 Å². The molecule has 0 aliphatic heterocycles. The number of imidazole rings is 1. The number of nitrogens with zero attached hydrogens (tertiary/aromatic N) is 2. The van der Waals surface area contributed by atoms with E-state index in [1.165, 1.54) is 0 Å². The molecule has 2 heterocycles. The van der Waals surface area contributed by atoms with Crippen LogP contribution in [-0.2, 0) is 0 Å². The van der Waals surface area contributed by atoms with Gasteiger partial charge in [-0.15, -0.1) is 0 Å². The van der Waals surface area contributed by atoms with Crippen LogP contribution in [0, 0.1) is 0 Å². The lowest BCUT2D eigenvalue weighted by molar-refractivity contribution is 0.111. The number of halogens is 1. The second-order valence-electron chi connectivity index (χ2n) is 4.27. The van der Waals surface area contributed by atoms with Crippen molar-refractivity contribution >= 4 is 23.5 Å². The van der Waals surface area contributed by atoms with Crippen molar-refractivity contribution in [3.63, 3.8) is 0 Å². The first-order valence-corrected chi connectivity index (χ1v) is 6.38. The quantitative estimate of drug-likeness (QED) is 0.692. The maximum Gasteiger partial charge on any atom is 0.169 e. The van der Waals surface area contributed by atoms with Crippen LogP contribution in [-0.4, -0.2) is 22.8 Å². The molecule has 2 aromatic heterocycles. The Balaban J connectivity index is 2.26. The molecule has 0 saturated carbocycles. The number of benzene rings is 1. The van der Waals surface area contributed by atoms with Gasteiger partial charge in [-0.3, -0.25) is 9.20 Å². The van der Waals surface area contributed by atoms with Crippen LogP contribution >= 0.6 is 11.6 Å². The summed E-state index contributed by atoms with van der Waals surface area (Å²) >= 11 is 5.96. The second kappa shape index (κ2) is 4.98. The SMILES string of the molecule is COc1cccc(-c2nc3cc(Cl)ccn3c2C=O)c1. The lowest BCUT2D eigenvalue weighted by Crippen LogP contribution is -1.92. The van der Waals surface area contributed by atoms with Gasteiger partial charge in [0.1, 0.15) is 22.8 Å². The Morgan fingerprint density at radius 1 is 1.30 bits per heavy atom. The number of ether oxygens (including phenoxy) is 1. The van der Waals surface area contributed by atoms with Gasteiger partial charge in [-0.25, -0.2) is 4.98 Å². The molecule has 0 atom stereocenters. The molecular formula is C15H11ClN2O2. The molecule has 0 aliphatic carbocycles. The largest absolute Gasteiger partial charge is 0.497 e. The average molecular weight is 287 g/mol. The molecule has 100 valence electrons. The van der Waals surface area contributed by atoms with Crippen molar-refractivity contribution in [1.29, 1.82) is 0 Å². The molecule has 4 nitrogen and oxygen atoms in total. The van der Waals surface area contributed by atoms with Crippen LogP contribution in [0.25, 0.3) is 16.9 Å². The van der Waals surface area contributed by atoms with E-state index in [0.717, 1.165) is 17.6 Å². The van der Waals surface area contributed by atoms with E-state index in [1.807, 2.05) is 24.3 Å². The van der Waals surface area contributed by atoms with Crippen LogP contribution in [0.4, 0.5) is 0 Å². The Morgan fingerprint density at radius 3 is 2.90 bits per heavy atom. The maximum absolute atomic E-state index is 11.4. The third-order valence-corrected chi connectivity index (χ3v) is 3.32. The number of carbonyl (C=O) groups is 1. The number of hydrogen-bond donors (Lipinski definition) is 0. The van der Waals surface area contributed by atoms with Gasteiger partial charge >= 0.3 is 0 Å². The molecule has 3 rings (SSSR count). The number of aldehydes is 1. The van der Waals surface area contributed by atoms with E-state index in [9.17, 15) is 4.79 Å². The fourth-order valence-corrected chi connectivity index (χ4v) is 2.29. The van der Waals surface area contributed by atoms with Gasteiger partial charge in [-0.2, -0.15) is 0 Å². The van der Waals surface area contributed by atoms with Crippen LogP contribution < -0.4 is 4.74 Å². The van der Waals surface area contributed by atoms with Gasteiger partial charge in [0.05, 0.1) is 7.11 Å². The van der Waals surface area contributed by atoms with Crippen molar-refractivity contribution in [2.45, 2.75) is 0 Å². The highest BCUT2D eigenvalue weighted by atomic mass is 35.5. The minimum absolute atomic E-state index is 0.491. The molecule has 3 aromatic rings. The summed E-state index contributed by atoms with van der Waals surface area (Å²) in [5.41, 5.74) is 2.56. The van der Waals surface area contributed by atoms with Crippen LogP contribution in [0.3, 0.4) is 0 Å². The Kier molecular flexibility index (Phi) is 3.16. The Bertz CT molecular complexity index is 796. The molecule has 0 amide bonds. The second-order valence-corrected chi connectivity index (χ2v) is 4.71. The minimum atomic E-state index is 0.491. The third-order valence-electron chi connectivity index (χ3n) is 3.08. The number of aromatic nitrogens is 2. The van der Waals surface area contributed by atoms with E-state index in [1.54, 1.807) is 29.8 Å². The predicted octanol–water partition coefficient (Wildman–Crippen LogP) is 3.48. The fourth-order valence-electron chi connectivity index (χ4n) is 2.13. The van der Waals surface area contributed by atoms with E-state index in [0.29, 0.717) is 22.1 Å². The normalized spacial score (nSPS) is 10.7. The highest BCUT2D eigenvalue weighted by Gasteiger charge is 2.14. The summed E-state index contributed by atoms with van der Waals surface area (Å²) in [5.74, 6) is 0.717. The smallest absolute Gasteiger partial charge is 0.169 e. The van der Waals surface area contributed by atoms with Crippen molar-refractivity contribution in [2.75, 3.05) is 7.11 Å². The first kappa shape index (κ1) is 12.7. The molecule has 20 heavy (non-hydrogen) atoms. The molecule has 0 unspecified atom stereocenters. The number of rotatable bonds is 3. The van der Waals surface area contributed by atoms with Gasteiger partial charge in [0.25, 0.3) is 0 Å². The monoisotopic (exact) mass is 286 g/mol. The number of hydrogen-bond acceptors (Lipinski definition) is 3. The van der Waals surface area contributed by atoms with E-state index in [2.05, 4.69) is 4.98 Å². The molecular weight excluding hydrogens is 276 g/mol. The maximum atomic E-state index is 11.4. The Morgan fingerprint density at radius 2 is 2.15 bits per heavy atom. The van der Waals surface area contributed by atoms with Gasteiger partial charge in [0.15, 0.2) is 6.29 Å². The summed E-state index contributed by atoms with van der Waals surface area (Å²) in [6.07, 6.45) is 2.53. The molecule has 0 saturated heterocycles. The van der Waals surface area contributed by atoms with E-state index >= 15 is 0 Å². The highest BCUT2D eigenvalue weighted by molar-refractivity contribution is 6.30. The van der Waals surface area contributed by atoms with Crippen LogP contribution in [0.5, 0.6) is 5.75 Å². The van der Waals surface area contributed by atoms with E-state index < -0.39 is 0 Å². The minimum Gasteiger partial charge on any atom is -0.497 e. The molecule has 0 spiro atoms. The van der Waals surface area contributed by atoms with Crippen molar-refractivity contribution in [3.05, 3.63) is 53.3 Å². The molecule has 0 radical (unpaired) electrons. The fraction of sp³-hybridized carbons (Fsp3) is 0.0667. The molecule has 5 heteroatoms. The zero-order chi connectivity index (χ0) is 14.1. The molecule has 0 fully saturated rings. The summed E-state index contributed by atoms with van der Waals surface area (Å²) in [6.45, 7) is 0. The number of pyridine rings is 1. The molecule has 1 aromatic carbocycles.